The van der Waals surface area contributed by atoms with Crippen molar-refractivity contribution in [2.24, 2.45) is 0 Å². The number of hydrogen-bond donors (Lipinski definition) is 1. The van der Waals surface area contributed by atoms with Crippen molar-refractivity contribution in [3.63, 3.8) is 0 Å². The van der Waals surface area contributed by atoms with Gasteiger partial charge in [0, 0.05) is 12.6 Å². The third-order valence-electron chi connectivity index (χ3n) is 1.56. The first-order chi connectivity index (χ1) is 5.37. The van der Waals surface area contributed by atoms with Crippen LogP contribution in [0.25, 0.3) is 0 Å². The minimum atomic E-state index is -4.78. The van der Waals surface area contributed by atoms with Gasteiger partial charge in [-0.1, -0.05) is 0 Å². The van der Waals surface area contributed by atoms with Gasteiger partial charge in [0.25, 0.3) is 0 Å². The summed E-state index contributed by atoms with van der Waals surface area (Å²) in [7, 11) is 0. The molecule has 0 saturated carbocycles. The molecule has 0 aliphatic heterocycles. The fourth-order valence-electron chi connectivity index (χ4n) is 0.955. The molecule has 0 aliphatic rings. The second-order valence-electron chi connectivity index (χ2n) is 3.02. The van der Waals surface area contributed by atoms with E-state index < -0.39 is 13.4 Å². The molecule has 0 unspecified atom stereocenters. The maximum atomic E-state index is 11.9. The predicted molar refractivity (Wildman–Crippen MR) is 42.9 cm³/mol. The second kappa shape index (κ2) is 7.67. The Morgan fingerprint density at radius 3 is 2.00 bits per heavy atom. The van der Waals surface area contributed by atoms with E-state index >= 15 is 0 Å². The molecule has 0 heterocycles. The van der Waals surface area contributed by atoms with Gasteiger partial charge in [0.2, 0.25) is 0 Å². The second-order valence-corrected chi connectivity index (χ2v) is 3.02. The smallest absolute Gasteiger partial charge is 0.448 e. The van der Waals surface area contributed by atoms with Gasteiger partial charge >= 0.3 is 58.4 Å². The molecule has 0 radical (unpaired) electrons. The third-order valence-corrected chi connectivity index (χ3v) is 1.56. The van der Waals surface area contributed by atoms with Crippen molar-refractivity contribution in [2.45, 2.75) is 19.9 Å². The van der Waals surface area contributed by atoms with Gasteiger partial charge in [0.15, 0.2) is 0 Å². The summed E-state index contributed by atoms with van der Waals surface area (Å²) >= 11 is 0. The van der Waals surface area contributed by atoms with Gasteiger partial charge in [-0.05, 0) is 20.3 Å². The van der Waals surface area contributed by atoms with Crippen LogP contribution in [0.5, 0.6) is 0 Å². The van der Waals surface area contributed by atoms with Crippen LogP contribution in [0.3, 0.4) is 0 Å². The molecule has 13 heavy (non-hydrogen) atoms. The predicted octanol–water partition coefficient (Wildman–Crippen LogP) is -1.92. The Hall–Kier alpha value is 1.41. The first-order valence-electron chi connectivity index (χ1n) is 3.92. The number of aliphatic hydroxyl groups excluding tert-OH is 1. The maximum absolute atomic E-state index is 11.9. The van der Waals surface area contributed by atoms with Crippen molar-refractivity contribution >= 4 is 6.98 Å². The number of aliphatic hydroxyl groups is 1. The van der Waals surface area contributed by atoms with Crippen LogP contribution < -0.4 is 51.4 Å². The quantitative estimate of drug-likeness (QED) is 0.549. The number of rotatable bonds is 5. The Kier molecular flexibility index (Phi) is 9.93. The maximum Gasteiger partial charge on any atom is 1.00 e. The van der Waals surface area contributed by atoms with Crippen molar-refractivity contribution in [1.82, 2.24) is 4.90 Å². The summed E-state index contributed by atoms with van der Waals surface area (Å²) in [4.78, 5) is 1.21. The summed E-state index contributed by atoms with van der Waals surface area (Å²) in [6, 6.07) is -0.180. The fraction of sp³-hybridized carbons (Fsp3) is 1.00. The molecule has 0 fully saturated rings. The molecule has 0 bridgehead atoms. The van der Waals surface area contributed by atoms with Crippen molar-refractivity contribution in [2.75, 3.05) is 19.6 Å². The van der Waals surface area contributed by atoms with Gasteiger partial charge in [0.05, 0.1) is 6.61 Å². The number of nitrogens with zero attached hydrogens (tertiary/aromatic N) is 1. The van der Waals surface area contributed by atoms with Crippen LogP contribution in [0, 0.1) is 0 Å². The van der Waals surface area contributed by atoms with Gasteiger partial charge in [-0.3, -0.25) is 0 Å². The molecule has 2 nitrogen and oxygen atoms in total. The molecule has 7 heteroatoms. The normalized spacial score (nSPS) is 12.0. The summed E-state index contributed by atoms with van der Waals surface area (Å²) in [5.74, 6) is 0. The zero-order chi connectivity index (χ0) is 9.78. The topological polar surface area (TPSA) is 23.5 Å². The van der Waals surface area contributed by atoms with Crippen LogP contribution in [0.15, 0.2) is 0 Å². The molecule has 0 aromatic carbocycles. The molecule has 0 amide bonds. The van der Waals surface area contributed by atoms with E-state index in [1.807, 2.05) is 0 Å². The largest absolute Gasteiger partial charge is 1.00 e. The van der Waals surface area contributed by atoms with Crippen LogP contribution in [-0.2, 0) is 0 Å². The van der Waals surface area contributed by atoms with E-state index in [0.29, 0.717) is 0 Å². The van der Waals surface area contributed by atoms with Gasteiger partial charge in [-0.2, -0.15) is 0 Å². The minimum absolute atomic E-state index is 0. The molecular formula is C6H14BF3KNO. The molecule has 0 aliphatic carbocycles. The molecule has 0 spiro atoms. The van der Waals surface area contributed by atoms with Gasteiger partial charge < -0.3 is 23.0 Å². The van der Waals surface area contributed by atoms with E-state index in [-0.39, 0.29) is 70.6 Å². The van der Waals surface area contributed by atoms with Crippen molar-refractivity contribution in [1.29, 1.82) is 0 Å². The average Bonchev–Trinajstić information content (AvgIpc) is 1.83. The molecular weight excluding hydrogens is 209 g/mol. The van der Waals surface area contributed by atoms with E-state index in [9.17, 15) is 12.9 Å². The standard InChI is InChI=1S/C6H14BF3NO.K/c1-6(2)11(3-4-12)5-7(8,9)10;/h6,12H,3-5H2,1-2H3;/q-1;+1. The summed E-state index contributed by atoms with van der Waals surface area (Å²) in [5.41, 5.74) is 0. The van der Waals surface area contributed by atoms with E-state index in [1.165, 1.54) is 4.90 Å². The molecule has 0 atom stereocenters. The van der Waals surface area contributed by atoms with Gasteiger partial charge in [-0.15, -0.1) is 0 Å². The zero-order valence-electron chi connectivity index (χ0n) is 8.30. The van der Waals surface area contributed by atoms with Crippen LogP contribution in [0.1, 0.15) is 13.8 Å². The van der Waals surface area contributed by atoms with Crippen LogP contribution in [0.2, 0.25) is 0 Å². The van der Waals surface area contributed by atoms with E-state index in [4.69, 9.17) is 5.11 Å². The van der Waals surface area contributed by atoms with Crippen LogP contribution in [-0.4, -0.2) is 42.6 Å². The van der Waals surface area contributed by atoms with Crippen LogP contribution in [0.4, 0.5) is 12.9 Å². The van der Waals surface area contributed by atoms with Gasteiger partial charge in [-0.25, -0.2) is 0 Å². The molecule has 0 aromatic heterocycles. The average molecular weight is 223 g/mol. The summed E-state index contributed by atoms with van der Waals surface area (Å²) < 4.78 is 35.8. The first kappa shape index (κ1) is 16.8. The van der Waals surface area contributed by atoms with E-state index in [2.05, 4.69) is 0 Å². The Balaban J connectivity index is 0. The number of halogens is 3. The third kappa shape index (κ3) is 9.71. The molecule has 0 aromatic rings. The summed E-state index contributed by atoms with van der Waals surface area (Å²) in [6.07, 6.45) is -0.891. The first-order valence-corrected chi connectivity index (χ1v) is 3.92. The van der Waals surface area contributed by atoms with E-state index in [1.54, 1.807) is 13.8 Å². The monoisotopic (exact) mass is 223 g/mol. The summed E-state index contributed by atoms with van der Waals surface area (Å²) in [6.45, 7) is -1.57. The Morgan fingerprint density at radius 1 is 1.31 bits per heavy atom. The minimum Gasteiger partial charge on any atom is -0.448 e. The zero-order valence-corrected chi connectivity index (χ0v) is 11.4. The summed E-state index contributed by atoms with van der Waals surface area (Å²) in [5, 5.41) is 8.48. The fourth-order valence-corrected chi connectivity index (χ4v) is 0.955. The van der Waals surface area contributed by atoms with Crippen molar-refractivity contribution in [3.05, 3.63) is 0 Å². The molecule has 1 N–H and O–H groups in total. The Labute approximate surface area is 119 Å². The molecule has 0 rings (SSSR count). The molecule has 74 valence electrons. The van der Waals surface area contributed by atoms with Gasteiger partial charge in [0.1, 0.15) is 0 Å². The van der Waals surface area contributed by atoms with Crippen LogP contribution >= 0.6 is 0 Å². The Bertz CT molecular complexity index is 134. The molecule has 0 saturated heterocycles. The van der Waals surface area contributed by atoms with Crippen molar-refractivity contribution in [3.8, 4) is 0 Å². The SMILES string of the molecule is CC(C)N(CCO)C[B-](F)(F)F.[K+]. The number of hydrogen-bond acceptors (Lipinski definition) is 2. The Morgan fingerprint density at radius 2 is 1.77 bits per heavy atom. The van der Waals surface area contributed by atoms with Crippen molar-refractivity contribution < 1.29 is 69.4 Å². The van der Waals surface area contributed by atoms with E-state index in [0.717, 1.165) is 0 Å².